The number of hydrogen-bond acceptors (Lipinski definition) is 5. The van der Waals surface area contributed by atoms with E-state index in [1.165, 1.54) is 0 Å². The van der Waals surface area contributed by atoms with Crippen LogP contribution in [0, 0.1) is 19.8 Å². The predicted octanol–water partition coefficient (Wildman–Crippen LogP) is 5.89. The van der Waals surface area contributed by atoms with Crippen LogP contribution in [0.2, 0.25) is 0 Å². The number of nitrogens with one attached hydrogen (secondary N) is 1. The van der Waals surface area contributed by atoms with Crippen LogP contribution in [0.1, 0.15) is 27.9 Å². The minimum Gasteiger partial charge on any atom is -0.508 e. The fourth-order valence-corrected chi connectivity index (χ4v) is 4.52. The average Bonchev–Trinajstić information content (AvgIpc) is 3.33. The Labute approximate surface area is 226 Å². The van der Waals surface area contributed by atoms with Crippen LogP contribution in [0.3, 0.4) is 0 Å². The summed E-state index contributed by atoms with van der Waals surface area (Å²) in [6.45, 7) is 4.03. The molecule has 1 unspecified atom stereocenters. The largest absolute Gasteiger partial charge is 0.508 e. The van der Waals surface area contributed by atoms with Gasteiger partial charge in [0.25, 0.3) is 5.91 Å². The monoisotopic (exact) mass is 520 g/mol. The van der Waals surface area contributed by atoms with Gasteiger partial charge in [0.1, 0.15) is 11.5 Å². The van der Waals surface area contributed by atoms with Gasteiger partial charge >= 0.3 is 5.97 Å². The van der Waals surface area contributed by atoms with Crippen molar-refractivity contribution in [3.63, 3.8) is 0 Å². The highest BCUT2D eigenvalue weighted by molar-refractivity contribution is 6.06. The Hall–Kier alpha value is -4.91. The summed E-state index contributed by atoms with van der Waals surface area (Å²) in [5, 5.41) is 12.5. The average molecular weight is 521 g/mol. The Kier molecular flexibility index (Phi) is 7.14. The smallest absolute Gasteiger partial charge is 0.316 e. The number of carbonyl (C=O) groups excluding carboxylic acids is 3. The third-order valence-electron chi connectivity index (χ3n) is 6.80. The van der Waals surface area contributed by atoms with Crippen molar-refractivity contribution in [2.24, 2.45) is 5.92 Å². The summed E-state index contributed by atoms with van der Waals surface area (Å²) in [5.41, 5.74) is 5.27. The van der Waals surface area contributed by atoms with Crippen LogP contribution < -0.4 is 15.0 Å². The number of esters is 1. The van der Waals surface area contributed by atoms with E-state index >= 15 is 0 Å². The summed E-state index contributed by atoms with van der Waals surface area (Å²) < 4.78 is 5.49. The SMILES string of the molecule is Cc1ccc(OC(=O)C2CC(=O)N(c3ccc(C)c(NC(=O)c4cccc(-c5ccc(O)cc5)c4)c3)C2)cc1. The van der Waals surface area contributed by atoms with E-state index in [1.807, 2.05) is 44.2 Å². The third-order valence-corrected chi connectivity index (χ3v) is 6.80. The number of carbonyl (C=O) groups is 3. The molecule has 196 valence electrons. The number of phenols is 1. The molecule has 1 heterocycles. The lowest BCUT2D eigenvalue weighted by molar-refractivity contribution is -0.139. The van der Waals surface area contributed by atoms with Crippen LogP contribution in [0.5, 0.6) is 11.5 Å². The molecule has 1 aliphatic rings. The highest BCUT2D eigenvalue weighted by Gasteiger charge is 2.36. The minimum atomic E-state index is -0.583. The third kappa shape index (κ3) is 5.83. The highest BCUT2D eigenvalue weighted by Crippen LogP contribution is 2.30. The fraction of sp³-hybridized carbons (Fsp3) is 0.156. The molecule has 7 heteroatoms. The van der Waals surface area contributed by atoms with Crippen molar-refractivity contribution < 1.29 is 24.2 Å². The lowest BCUT2D eigenvalue weighted by Gasteiger charge is -2.19. The van der Waals surface area contributed by atoms with Gasteiger partial charge < -0.3 is 20.1 Å². The van der Waals surface area contributed by atoms with Crippen LogP contribution in [0.15, 0.2) is 91.0 Å². The molecule has 39 heavy (non-hydrogen) atoms. The van der Waals surface area contributed by atoms with Gasteiger partial charge in [-0.25, -0.2) is 0 Å². The van der Waals surface area contributed by atoms with Crippen LogP contribution in [-0.4, -0.2) is 29.4 Å². The van der Waals surface area contributed by atoms with Gasteiger partial charge in [-0.05, 0) is 79.1 Å². The first-order chi connectivity index (χ1) is 18.8. The van der Waals surface area contributed by atoms with Gasteiger partial charge in [-0.1, -0.05) is 48.0 Å². The molecule has 1 aliphatic heterocycles. The van der Waals surface area contributed by atoms with Crippen molar-refractivity contribution >= 4 is 29.2 Å². The molecular weight excluding hydrogens is 492 g/mol. The number of benzene rings is 4. The van der Waals surface area contributed by atoms with E-state index in [9.17, 15) is 19.5 Å². The maximum Gasteiger partial charge on any atom is 0.316 e. The topological polar surface area (TPSA) is 95.9 Å². The molecular formula is C32H28N2O5. The van der Waals surface area contributed by atoms with Crippen LogP contribution in [0.4, 0.5) is 11.4 Å². The summed E-state index contributed by atoms with van der Waals surface area (Å²) in [6.07, 6.45) is 0.0598. The first-order valence-corrected chi connectivity index (χ1v) is 12.7. The summed E-state index contributed by atoms with van der Waals surface area (Å²) in [5.74, 6) is -0.864. The molecule has 0 spiro atoms. The normalized spacial score (nSPS) is 14.8. The number of anilines is 2. The molecule has 1 saturated heterocycles. The Morgan fingerprint density at radius 2 is 1.64 bits per heavy atom. The van der Waals surface area contributed by atoms with E-state index in [-0.39, 0.29) is 30.5 Å². The second-order valence-corrected chi connectivity index (χ2v) is 9.72. The van der Waals surface area contributed by atoms with Crippen molar-refractivity contribution in [2.75, 3.05) is 16.8 Å². The van der Waals surface area contributed by atoms with E-state index in [0.29, 0.717) is 22.7 Å². The number of aromatic hydroxyl groups is 1. The highest BCUT2D eigenvalue weighted by atomic mass is 16.5. The summed E-state index contributed by atoms with van der Waals surface area (Å²) in [6, 6.07) is 26.6. The Balaban J connectivity index is 1.29. The van der Waals surface area contributed by atoms with E-state index in [0.717, 1.165) is 22.3 Å². The molecule has 0 bridgehead atoms. The van der Waals surface area contributed by atoms with Gasteiger partial charge in [-0.2, -0.15) is 0 Å². The van der Waals surface area contributed by atoms with Gasteiger partial charge in [0.2, 0.25) is 5.91 Å². The zero-order valence-corrected chi connectivity index (χ0v) is 21.7. The molecule has 0 aromatic heterocycles. The van der Waals surface area contributed by atoms with E-state index in [1.54, 1.807) is 65.6 Å². The number of nitrogens with zero attached hydrogens (tertiary/aromatic N) is 1. The number of phenolic OH excluding ortho intramolecular Hbond substituents is 1. The lowest BCUT2D eigenvalue weighted by atomic mass is 10.0. The standard InChI is InChI=1S/C32H28N2O5/c1-20-6-14-28(15-7-20)39-32(38)25-17-30(36)34(19-25)26-11-8-21(2)29(18-26)33-31(37)24-5-3-4-23(16-24)22-9-12-27(35)13-10-22/h3-16,18,25,35H,17,19H2,1-2H3,(H,33,37). The first-order valence-electron chi connectivity index (χ1n) is 12.7. The zero-order chi connectivity index (χ0) is 27.5. The maximum atomic E-state index is 13.1. The molecule has 0 radical (unpaired) electrons. The Morgan fingerprint density at radius 3 is 2.38 bits per heavy atom. The zero-order valence-electron chi connectivity index (χ0n) is 21.7. The summed E-state index contributed by atoms with van der Waals surface area (Å²) >= 11 is 0. The van der Waals surface area contributed by atoms with Gasteiger partial charge in [-0.3, -0.25) is 14.4 Å². The molecule has 0 saturated carbocycles. The first kappa shape index (κ1) is 25.7. The molecule has 5 rings (SSSR count). The van der Waals surface area contributed by atoms with E-state index < -0.39 is 11.9 Å². The second-order valence-electron chi connectivity index (χ2n) is 9.72. The number of hydrogen-bond donors (Lipinski definition) is 2. The van der Waals surface area contributed by atoms with Crippen LogP contribution >= 0.6 is 0 Å². The molecule has 0 aliphatic carbocycles. The van der Waals surface area contributed by atoms with E-state index in [2.05, 4.69) is 5.32 Å². The van der Waals surface area contributed by atoms with Crippen molar-refractivity contribution in [3.05, 3.63) is 108 Å². The maximum absolute atomic E-state index is 13.1. The Morgan fingerprint density at radius 1 is 0.897 bits per heavy atom. The predicted molar refractivity (Wildman–Crippen MR) is 150 cm³/mol. The van der Waals surface area contributed by atoms with Crippen LogP contribution in [-0.2, 0) is 9.59 Å². The van der Waals surface area contributed by atoms with Gasteiger partial charge in [-0.15, -0.1) is 0 Å². The number of ether oxygens (including phenoxy) is 1. The summed E-state index contributed by atoms with van der Waals surface area (Å²) in [7, 11) is 0. The van der Waals surface area contributed by atoms with E-state index in [4.69, 9.17) is 4.74 Å². The number of aryl methyl sites for hydroxylation is 2. The fourth-order valence-electron chi connectivity index (χ4n) is 4.52. The molecule has 1 fully saturated rings. The molecule has 4 aromatic rings. The second kappa shape index (κ2) is 10.8. The number of rotatable bonds is 6. The van der Waals surface area contributed by atoms with Gasteiger partial charge in [0, 0.05) is 29.9 Å². The van der Waals surface area contributed by atoms with Crippen molar-refractivity contribution in [1.29, 1.82) is 0 Å². The molecule has 2 N–H and O–H groups in total. The van der Waals surface area contributed by atoms with Crippen molar-refractivity contribution in [2.45, 2.75) is 20.3 Å². The van der Waals surface area contributed by atoms with Crippen LogP contribution in [0.25, 0.3) is 11.1 Å². The van der Waals surface area contributed by atoms with Gasteiger partial charge in [0.05, 0.1) is 5.92 Å². The number of amides is 2. The van der Waals surface area contributed by atoms with Gasteiger partial charge in [0.15, 0.2) is 0 Å². The lowest BCUT2D eigenvalue weighted by Crippen LogP contribution is -2.27. The van der Waals surface area contributed by atoms with Crippen molar-refractivity contribution in [1.82, 2.24) is 0 Å². The molecule has 4 aromatic carbocycles. The Bertz CT molecular complexity index is 1540. The van der Waals surface area contributed by atoms with Crippen molar-refractivity contribution in [3.8, 4) is 22.6 Å². The minimum absolute atomic E-state index is 0.0598. The molecule has 1 atom stereocenters. The molecule has 2 amide bonds. The molecule has 7 nitrogen and oxygen atoms in total. The quantitative estimate of drug-likeness (QED) is 0.244. The summed E-state index contributed by atoms with van der Waals surface area (Å²) in [4.78, 5) is 40.3.